The maximum atomic E-state index is 13.2. The first-order valence-electron chi connectivity index (χ1n) is 9.92. The highest BCUT2D eigenvalue weighted by atomic mass is 35.5. The summed E-state index contributed by atoms with van der Waals surface area (Å²) < 4.78 is 1.56. The number of hydrogen-bond donors (Lipinski definition) is 2. The Morgan fingerprint density at radius 1 is 1.06 bits per heavy atom. The van der Waals surface area contributed by atoms with Gasteiger partial charge in [0.05, 0.1) is 11.4 Å². The number of aryl methyl sites for hydroxylation is 1. The molecule has 6 nitrogen and oxygen atoms in total. The molecule has 1 amide bonds. The Bertz CT molecular complexity index is 1300. The van der Waals surface area contributed by atoms with Gasteiger partial charge in [0.15, 0.2) is 0 Å². The summed E-state index contributed by atoms with van der Waals surface area (Å²) in [7, 11) is 1.73. The largest absolute Gasteiger partial charge is 0.350 e. The minimum atomic E-state index is -0.344. The van der Waals surface area contributed by atoms with Crippen LogP contribution < -0.4 is 5.32 Å². The molecule has 7 heteroatoms. The van der Waals surface area contributed by atoms with Crippen LogP contribution >= 0.6 is 11.6 Å². The van der Waals surface area contributed by atoms with Crippen LogP contribution in [-0.2, 0) is 12.5 Å². The lowest BCUT2D eigenvalue weighted by molar-refractivity contribution is 0.101. The summed E-state index contributed by atoms with van der Waals surface area (Å²) in [5.41, 5.74) is 2.94. The quantitative estimate of drug-likeness (QED) is 0.426. The van der Waals surface area contributed by atoms with Crippen LogP contribution in [0.4, 0.5) is 5.69 Å². The number of anilines is 1. The number of benzene rings is 2. The van der Waals surface area contributed by atoms with E-state index in [1.54, 1.807) is 60.3 Å². The zero-order chi connectivity index (χ0) is 22.3. The molecule has 0 saturated heterocycles. The van der Waals surface area contributed by atoms with Gasteiger partial charge < -0.3 is 10.3 Å². The minimum absolute atomic E-state index is 0.192. The van der Waals surface area contributed by atoms with E-state index < -0.39 is 0 Å². The number of nitrogens with zero attached hydrogens (tertiary/aromatic N) is 2. The summed E-state index contributed by atoms with van der Waals surface area (Å²) in [5.74, 6) is -0.563. The van der Waals surface area contributed by atoms with E-state index in [1.165, 1.54) is 0 Å². The SMILES string of the molecule is Cn1nc(C(C)(C)C)cc1C(=O)Nc1c(C(=O)c2ccccc2)[nH]c2cc(Cl)ccc12. The molecule has 2 aromatic heterocycles. The van der Waals surface area contributed by atoms with E-state index in [4.69, 9.17) is 11.6 Å². The van der Waals surface area contributed by atoms with Gasteiger partial charge in [-0.2, -0.15) is 5.10 Å². The summed E-state index contributed by atoms with van der Waals surface area (Å²) in [6.45, 7) is 6.12. The van der Waals surface area contributed by atoms with Gasteiger partial charge in [0.2, 0.25) is 5.78 Å². The number of rotatable bonds is 4. The number of halogens is 1. The Labute approximate surface area is 185 Å². The molecule has 0 radical (unpaired) electrons. The van der Waals surface area contributed by atoms with Gasteiger partial charge in [-0.1, -0.05) is 62.7 Å². The first-order valence-corrected chi connectivity index (χ1v) is 10.3. The van der Waals surface area contributed by atoms with Gasteiger partial charge in [-0.3, -0.25) is 14.3 Å². The fourth-order valence-corrected chi connectivity index (χ4v) is 3.60. The van der Waals surface area contributed by atoms with Gasteiger partial charge in [-0.05, 0) is 24.3 Å². The van der Waals surface area contributed by atoms with Crippen molar-refractivity contribution in [1.82, 2.24) is 14.8 Å². The van der Waals surface area contributed by atoms with Gasteiger partial charge in [0, 0.05) is 34.0 Å². The van der Waals surface area contributed by atoms with Gasteiger partial charge in [0.1, 0.15) is 11.4 Å². The lowest BCUT2D eigenvalue weighted by atomic mass is 9.92. The molecule has 4 rings (SSSR count). The Kier molecular flexibility index (Phi) is 5.19. The third-order valence-electron chi connectivity index (χ3n) is 5.14. The fraction of sp³-hybridized carbons (Fsp3) is 0.208. The van der Waals surface area contributed by atoms with Crippen LogP contribution in [0, 0.1) is 0 Å². The molecular weight excluding hydrogens is 412 g/mol. The number of carbonyl (C=O) groups excluding carboxylic acids is 2. The monoisotopic (exact) mass is 434 g/mol. The van der Waals surface area contributed by atoms with Crippen molar-refractivity contribution in [3.05, 3.63) is 82.3 Å². The van der Waals surface area contributed by atoms with Crippen molar-refractivity contribution in [2.75, 3.05) is 5.32 Å². The third-order valence-corrected chi connectivity index (χ3v) is 5.38. The molecular formula is C24H23ClN4O2. The molecule has 0 spiro atoms. The van der Waals surface area contributed by atoms with Crippen LogP contribution in [0.5, 0.6) is 0 Å². The molecule has 2 N–H and O–H groups in total. The molecule has 2 heterocycles. The van der Waals surface area contributed by atoms with E-state index in [1.807, 2.05) is 26.8 Å². The molecule has 0 bridgehead atoms. The van der Waals surface area contributed by atoms with E-state index in [9.17, 15) is 9.59 Å². The molecule has 0 aliphatic heterocycles. The summed E-state index contributed by atoms with van der Waals surface area (Å²) in [4.78, 5) is 29.5. The third kappa shape index (κ3) is 3.99. The highest BCUT2D eigenvalue weighted by molar-refractivity contribution is 6.31. The van der Waals surface area contributed by atoms with Gasteiger partial charge in [-0.15, -0.1) is 0 Å². The maximum Gasteiger partial charge on any atom is 0.274 e. The van der Waals surface area contributed by atoms with Crippen LogP contribution in [0.3, 0.4) is 0 Å². The summed E-state index contributed by atoms with van der Waals surface area (Å²) in [6, 6.07) is 16.0. The predicted octanol–water partition coefficient (Wildman–Crippen LogP) is 5.34. The number of H-pyrrole nitrogens is 1. The molecule has 31 heavy (non-hydrogen) atoms. The van der Waals surface area contributed by atoms with E-state index in [-0.39, 0.29) is 17.1 Å². The molecule has 0 atom stereocenters. The summed E-state index contributed by atoms with van der Waals surface area (Å²) in [6.07, 6.45) is 0. The van der Waals surface area contributed by atoms with Crippen molar-refractivity contribution in [2.45, 2.75) is 26.2 Å². The molecule has 0 saturated carbocycles. The van der Waals surface area contributed by atoms with Crippen molar-refractivity contribution >= 4 is 39.9 Å². The second kappa shape index (κ2) is 7.71. The fourth-order valence-electron chi connectivity index (χ4n) is 3.43. The normalized spacial score (nSPS) is 11.6. The molecule has 0 aliphatic carbocycles. The van der Waals surface area contributed by atoms with E-state index in [2.05, 4.69) is 15.4 Å². The Morgan fingerprint density at radius 3 is 2.42 bits per heavy atom. The first-order chi connectivity index (χ1) is 14.6. The molecule has 0 fully saturated rings. The number of carbonyl (C=O) groups is 2. The van der Waals surface area contributed by atoms with E-state index >= 15 is 0 Å². The van der Waals surface area contributed by atoms with Crippen LogP contribution in [0.1, 0.15) is 53.0 Å². The minimum Gasteiger partial charge on any atom is -0.350 e. The number of hydrogen-bond acceptors (Lipinski definition) is 3. The van der Waals surface area contributed by atoms with Gasteiger partial charge in [-0.25, -0.2) is 0 Å². The van der Waals surface area contributed by atoms with Crippen LogP contribution in [-0.4, -0.2) is 26.5 Å². The molecule has 0 aliphatic rings. The number of ketones is 1. The number of fused-ring (bicyclic) bond motifs is 1. The van der Waals surface area contributed by atoms with Crippen molar-refractivity contribution in [2.24, 2.45) is 7.05 Å². The van der Waals surface area contributed by atoms with Gasteiger partial charge >= 0.3 is 0 Å². The summed E-state index contributed by atoms with van der Waals surface area (Å²) in [5, 5.41) is 8.64. The Hall–Kier alpha value is -3.38. The molecule has 4 aromatic rings. The number of aromatic amines is 1. The average Bonchev–Trinajstić information content (AvgIpc) is 3.28. The number of nitrogens with one attached hydrogen (secondary N) is 2. The molecule has 0 unspecified atom stereocenters. The van der Waals surface area contributed by atoms with Crippen LogP contribution in [0.25, 0.3) is 10.9 Å². The predicted molar refractivity (Wildman–Crippen MR) is 123 cm³/mol. The van der Waals surface area contributed by atoms with E-state index in [0.29, 0.717) is 38.6 Å². The molecule has 2 aromatic carbocycles. The number of amides is 1. The standard InChI is InChI=1S/C24H23ClN4O2/c1-24(2,3)19-13-18(29(4)28-19)23(31)27-20-16-11-10-15(25)12-17(16)26-21(20)22(30)14-8-6-5-7-9-14/h5-13,26H,1-4H3,(H,27,31). The van der Waals surface area contributed by atoms with E-state index in [0.717, 1.165) is 5.69 Å². The zero-order valence-corrected chi connectivity index (χ0v) is 18.5. The Morgan fingerprint density at radius 2 is 1.77 bits per heavy atom. The van der Waals surface area contributed by atoms with Crippen molar-refractivity contribution < 1.29 is 9.59 Å². The van der Waals surface area contributed by atoms with Crippen molar-refractivity contribution in [3.63, 3.8) is 0 Å². The van der Waals surface area contributed by atoms with Crippen molar-refractivity contribution in [3.8, 4) is 0 Å². The van der Waals surface area contributed by atoms with Gasteiger partial charge in [0.25, 0.3) is 5.91 Å². The number of aromatic nitrogens is 3. The van der Waals surface area contributed by atoms with Crippen LogP contribution in [0.15, 0.2) is 54.6 Å². The Balaban J connectivity index is 1.79. The smallest absolute Gasteiger partial charge is 0.274 e. The average molecular weight is 435 g/mol. The lowest BCUT2D eigenvalue weighted by Crippen LogP contribution is -2.18. The molecule has 158 valence electrons. The highest BCUT2D eigenvalue weighted by Crippen LogP contribution is 2.32. The summed E-state index contributed by atoms with van der Waals surface area (Å²) >= 11 is 6.14. The second-order valence-electron chi connectivity index (χ2n) is 8.50. The lowest BCUT2D eigenvalue weighted by Gasteiger charge is -2.13. The topological polar surface area (TPSA) is 79.8 Å². The zero-order valence-electron chi connectivity index (χ0n) is 17.8. The second-order valence-corrected chi connectivity index (χ2v) is 8.94. The highest BCUT2D eigenvalue weighted by Gasteiger charge is 2.25. The van der Waals surface area contributed by atoms with Crippen LogP contribution in [0.2, 0.25) is 5.02 Å². The maximum absolute atomic E-state index is 13.2. The first kappa shape index (κ1) is 20.9. The van der Waals surface area contributed by atoms with Crippen molar-refractivity contribution in [1.29, 1.82) is 0 Å².